The first kappa shape index (κ1) is 17.9. The van der Waals surface area contributed by atoms with Gasteiger partial charge in [-0.15, -0.1) is 11.3 Å². The highest BCUT2D eigenvalue weighted by atomic mass is 32.1. The highest BCUT2D eigenvalue weighted by Crippen LogP contribution is 2.36. The van der Waals surface area contributed by atoms with Gasteiger partial charge in [-0.2, -0.15) is 5.10 Å². The van der Waals surface area contributed by atoms with E-state index in [1.807, 2.05) is 30.0 Å². The summed E-state index contributed by atoms with van der Waals surface area (Å²) in [7, 11) is 0. The van der Waals surface area contributed by atoms with Crippen molar-refractivity contribution in [3.63, 3.8) is 0 Å². The molecule has 1 aliphatic rings. The molecule has 1 amide bonds. The van der Waals surface area contributed by atoms with E-state index in [0.29, 0.717) is 18.8 Å². The molecule has 1 atom stereocenters. The minimum atomic E-state index is -0.172. The first-order chi connectivity index (χ1) is 13.2. The van der Waals surface area contributed by atoms with Crippen molar-refractivity contribution >= 4 is 27.5 Å². The average molecular weight is 382 g/mol. The Labute approximate surface area is 161 Å². The molecule has 4 rings (SSSR count). The molecule has 0 N–H and O–H groups in total. The Morgan fingerprint density at radius 3 is 2.89 bits per heavy atom. The lowest BCUT2D eigenvalue weighted by atomic mass is 10.0. The Morgan fingerprint density at radius 2 is 2.07 bits per heavy atom. The van der Waals surface area contributed by atoms with E-state index in [0.717, 1.165) is 40.9 Å². The monoisotopic (exact) mass is 382 g/mol. The molecule has 3 aromatic rings. The third-order valence-corrected chi connectivity index (χ3v) is 6.02. The van der Waals surface area contributed by atoms with Crippen molar-refractivity contribution in [1.29, 1.82) is 0 Å². The molecule has 3 heterocycles. The van der Waals surface area contributed by atoms with Crippen molar-refractivity contribution in [2.24, 2.45) is 0 Å². The molecule has 0 saturated carbocycles. The number of hydrogen-bond acceptors (Lipinski definition) is 5. The molecule has 1 fully saturated rings. The minimum absolute atomic E-state index is 0.0306. The Balaban J connectivity index is 1.66. The van der Waals surface area contributed by atoms with Gasteiger partial charge in [-0.3, -0.25) is 9.59 Å². The summed E-state index contributed by atoms with van der Waals surface area (Å²) in [4.78, 5) is 31.8. The van der Waals surface area contributed by atoms with Crippen molar-refractivity contribution in [2.45, 2.75) is 45.2 Å². The van der Waals surface area contributed by atoms with Crippen LogP contribution in [0.1, 0.15) is 54.1 Å². The van der Waals surface area contributed by atoms with Gasteiger partial charge in [0.15, 0.2) is 0 Å². The zero-order chi connectivity index (χ0) is 18.8. The molecule has 6 nitrogen and oxygen atoms in total. The minimum Gasteiger partial charge on any atom is -0.328 e. The molecule has 0 unspecified atom stereocenters. The van der Waals surface area contributed by atoms with Gasteiger partial charge >= 0.3 is 0 Å². The van der Waals surface area contributed by atoms with E-state index in [2.05, 4.69) is 11.2 Å². The standard InChI is InChI=1S/C20H22N4O2S/c1-2-12-24-18(25)11-10-15(22-24)20(26)23-13-6-5-8-16(23)19-21-14-7-3-4-9-17(14)27-19/h3-4,7,9-11,16H,2,5-6,8,12-13H2,1H3/t16-/m1/s1. The average Bonchev–Trinajstić information content (AvgIpc) is 3.13. The second-order valence-electron chi connectivity index (χ2n) is 6.81. The van der Waals surface area contributed by atoms with Crippen LogP contribution in [0, 0.1) is 0 Å². The molecule has 27 heavy (non-hydrogen) atoms. The summed E-state index contributed by atoms with van der Waals surface area (Å²) in [6, 6.07) is 11.0. The SMILES string of the molecule is CCCn1nc(C(=O)N2CCCC[C@@H]2c2nc3ccccc3s2)ccc1=O. The maximum atomic E-state index is 13.2. The summed E-state index contributed by atoms with van der Waals surface area (Å²) >= 11 is 1.65. The predicted octanol–water partition coefficient (Wildman–Crippen LogP) is 3.63. The Kier molecular flexibility index (Phi) is 5.03. The van der Waals surface area contributed by atoms with Crippen LogP contribution in [0.4, 0.5) is 0 Å². The number of carbonyl (C=O) groups excluding carboxylic acids is 1. The van der Waals surface area contributed by atoms with Crippen LogP contribution >= 0.6 is 11.3 Å². The number of nitrogens with zero attached hydrogens (tertiary/aromatic N) is 4. The molecule has 2 aromatic heterocycles. The van der Waals surface area contributed by atoms with Gasteiger partial charge in [0, 0.05) is 19.2 Å². The number of aromatic nitrogens is 3. The Morgan fingerprint density at radius 1 is 1.22 bits per heavy atom. The van der Waals surface area contributed by atoms with Crippen LogP contribution in [-0.2, 0) is 6.54 Å². The smallest absolute Gasteiger partial charge is 0.274 e. The van der Waals surface area contributed by atoms with Gasteiger partial charge in [0.25, 0.3) is 11.5 Å². The number of rotatable bonds is 4. The van der Waals surface area contributed by atoms with E-state index in [1.54, 1.807) is 17.4 Å². The number of fused-ring (bicyclic) bond motifs is 1. The van der Waals surface area contributed by atoms with E-state index < -0.39 is 0 Å². The van der Waals surface area contributed by atoms with Crippen molar-refractivity contribution < 1.29 is 4.79 Å². The van der Waals surface area contributed by atoms with Gasteiger partial charge in [-0.25, -0.2) is 9.67 Å². The zero-order valence-corrected chi connectivity index (χ0v) is 16.1. The normalized spacial score (nSPS) is 17.4. The fraction of sp³-hybridized carbons (Fsp3) is 0.400. The molecule has 1 saturated heterocycles. The number of carbonyl (C=O) groups is 1. The lowest BCUT2D eigenvalue weighted by molar-refractivity contribution is 0.0602. The van der Waals surface area contributed by atoms with Crippen LogP contribution in [0.3, 0.4) is 0 Å². The molecule has 1 aliphatic heterocycles. The molecule has 0 bridgehead atoms. The van der Waals surface area contributed by atoms with Crippen molar-refractivity contribution in [3.05, 3.63) is 57.5 Å². The van der Waals surface area contributed by atoms with Crippen molar-refractivity contribution in [2.75, 3.05) is 6.54 Å². The first-order valence-electron chi connectivity index (χ1n) is 9.42. The molecule has 0 radical (unpaired) electrons. The molecule has 0 spiro atoms. The highest BCUT2D eigenvalue weighted by molar-refractivity contribution is 7.18. The fourth-order valence-electron chi connectivity index (χ4n) is 3.55. The largest absolute Gasteiger partial charge is 0.328 e. The summed E-state index contributed by atoms with van der Waals surface area (Å²) < 4.78 is 2.52. The summed E-state index contributed by atoms with van der Waals surface area (Å²) in [5.41, 5.74) is 1.14. The summed E-state index contributed by atoms with van der Waals surface area (Å²) in [5.74, 6) is -0.121. The molecular formula is C20H22N4O2S. The van der Waals surface area contributed by atoms with Crippen LogP contribution in [0.5, 0.6) is 0 Å². The fourth-order valence-corrected chi connectivity index (χ4v) is 4.66. The predicted molar refractivity (Wildman–Crippen MR) is 106 cm³/mol. The van der Waals surface area contributed by atoms with E-state index in [-0.39, 0.29) is 17.5 Å². The van der Waals surface area contributed by atoms with Crippen LogP contribution in [-0.4, -0.2) is 32.1 Å². The van der Waals surface area contributed by atoms with Crippen LogP contribution in [0.25, 0.3) is 10.2 Å². The van der Waals surface area contributed by atoms with Gasteiger partial charge < -0.3 is 4.90 Å². The van der Waals surface area contributed by atoms with E-state index >= 15 is 0 Å². The molecule has 140 valence electrons. The molecule has 1 aromatic carbocycles. The topological polar surface area (TPSA) is 68.1 Å². The van der Waals surface area contributed by atoms with Gasteiger partial charge in [0.2, 0.25) is 0 Å². The number of piperidine rings is 1. The third kappa shape index (κ3) is 3.51. The maximum absolute atomic E-state index is 13.2. The number of aryl methyl sites for hydroxylation is 1. The molecular weight excluding hydrogens is 360 g/mol. The first-order valence-corrected chi connectivity index (χ1v) is 10.2. The maximum Gasteiger partial charge on any atom is 0.274 e. The van der Waals surface area contributed by atoms with Crippen molar-refractivity contribution in [3.8, 4) is 0 Å². The lowest BCUT2D eigenvalue weighted by Gasteiger charge is -2.34. The van der Waals surface area contributed by atoms with Gasteiger partial charge in [-0.05, 0) is 43.9 Å². The number of para-hydroxylation sites is 1. The summed E-state index contributed by atoms with van der Waals surface area (Å²) in [5, 5.41) is 5.28. The second kappa shape index (κ2) is 7.60. The number of thiazole rings is 1. The summed E-state index contributed by atoms with van der Waals surface area (Å²) in [6.45, 7) is 3.19. The quantitative estimate of drug-likeness (QED) is 0.691. The number of amides is 1. The third-order valence-electron chi connectivity index (χ3n) is 4.88. The number of benzene rings is 1. The second-order valence-corrected chi connectivity index (χ2v) is 7.87. The lowest BCUT2D eigenvalue weighted by Crippen LogP contribution is -2.39. The van der Waals surface area contributed by atoms with Gasteiger partial charge in [-0.1, -0.05) is 19.1 Å². The molecule has 0 aliphatic carbocycles. The molecule has 7 heteroatoms. The van der Waals surface area contributed by atoms with Gasteiger partial charge in [0.05, 0.1) is 16.3 Å². The van der Waals surface area contributed by atoms with Crippen LogP contribution in [0.15, 0.2) is 41.2 Å². The van der Waals surface area contributed by atoms with E-state index in [4.69, 9.17) is 4.98 Å². The summed E-state index contributed by atoms with van der Waals surface area (Å²) in [6.07, 6.45) is 3.75. The zero-order valence-electron chi connectivity index (χ0n) is 15.3. The number of hydrogen-bond donors (Lipinski definition) is 0. The van der Waals surface area contributed by atoms with Crippen LogP contribution < -0.4 is 5.56 Å². The Bertz CT molecular complexity index is 993. The van der Waals surface area contributed by atoms with E-state index in [1.165, 1.54) is 10.7 Å². The van der Waals surface area contributed by atoms with Crippen molar-refractivity contribution in [1.82, 2.24) is 19.7 Å². The highest BCUT2D eigenvalue weighted by Gasteiger charge is 2.31. The van der Waals surface area contributed by atoms with Crippen LogP contribution in [0.2, 0.25) is 0 Å². The number of likely N-dealkylation sites (tertiary alicyclic amines) is 1. The van der Waals surface area contributed by atoms with E-state index in [9.17, 15) is 9.59 Å². The Hall–Kier alpha value is -2.54. The van der Waals surface area contributed by atoms with Gasteiger partial charge in [0.1, 0.15) is 10.7 Å².